The van der Waals surface area contributed by atoms with Crippen molar-refractivity contribution in [3.63, 3.8) is 0 Å². The van der Waals surface area contributed by atoms with Crippen molar-refractivity contribution in [2.45, 2.75) is 13.0 Å². The van der Waals surface area contributed by atoms with Gasteiger partial charge in [-0.25, -0.2) is 0 Å². The topological polar surface area (TPSA) is 60.1 Å². The molecular weight excluding hydrogens is 178 g/mol. The fourth-order valence-corrected chi connectivity index (χ4v) is 1.84. The Bertz CT molecular complexity index is 366. The number of nitrogens with two attached hydrogens (primary N) is 1. The van der Waals surface area contributed by atoms with E-state index in [1.54, 1.807) is 16.8 Å². The van der Waals surface area contributed by atoms with Crippen LogP contribution in [0.25, 0.3) is 0 Å². The Labute approximate surface area is 82.7 Å². The van der Waals surface area contributed by atoms with Gasteiger partial charge in [-0.05, 0) is 31.5 Å². The lowest BCUT2D eigenvalue weighted by molar-refractivity contribution is 0.472. The molecule has 1 aromatic rings. The van der Waals surface area contributed by atoms with Gasteiger partial charge < -0.3 is 15.6 Å². The van der Waals surface area contributed by atoms with Gasteiger partial charge in [0.1, 0.15) is 0 Å². The molecule has 1 aliphatic rings. The van der Waals surface area contributed by atoms with Gasteiger partial charge in [-0.3, -0.25) is 4.79 Å². The van der Waals surface area contributed by atoms with E-state index in [4.69, 9.17) is 5.73 Å². The zero-order valence-corrected chi connectivity index (χ0v) is 8.07. The first-order valence-electron chi connectivity index (χ1n) is 4.92. The van der Waals surface area contributed by atoms with E-state index < -0.39 is 0 Å². The van der Waals surface area contributed by atoms with Gasteiger partial charge in [-0.15, -0.1) is 0 Å². The highest BCUT2D eigenvalue weighted by atomic mass is 16.1. The molecule has 1 aromatic heterocycles. The summed E-state index contributed by atoms with van der Waals surface area (Å²) in [6, 6.07) is 3.17. The Balaban J connectivity index is 2.15. The summed E-state index contributed by atoms with van der Waals surface area (Å²) in [7, 11) is 0. The molecule has 0 saturated carbocycles. The monoisotopic (exact) mass is 193 g/mol. The highest BCUT2D eigenvalue weighted by Gasteiger charge is 2.15. The average Bonchev–Trinajstić information content (AvgIpc) is 2.64. The first-order chi connectivity index (χ1) is 6.75. The zero-order valence-electron chi connectivity index (χ0n) is 8.07. The van der Waals surface area contributed by atoms with Gasteiger partial charge >= 0.3 is 0 Å². The molecule has 1 saturated heterocycles. The summed E-state index contributed by atoms with van der Waals surface area (Å²) in [4.78, 5) is 11.4. The smallest absolute Gasteiger partial charge is 0.250 e. The third-order valence-electron chi connectivity index (χ3n) is 2.62. The molecule has 0 aromatic carbocycles. The number of aromatic nitrogens is 1. The van der Waals surface area contributed by atoms with Crippen molar-refractivity contribution in [2.75, 3.05) is 18.8 Å². The van der Waals surface area contributed by atoms with E-state index in [0.29, 0.717) is 11.6 Å². The van der Waals surface area contributed by atoms with Gasteiger partial charge in [0.2, 0.25) is 0 Å². The molecule has 4 heteroatoms. The molecule has 1 fully saturated rings. The Morgan fingerprint density at radius 3 is 3.14 bits per heavy atom. The summed E-state index contributed by atoms with van der Waals surface area (Å²) in [6.07, 6.45) is 2.86. The first kappa shape index (κ1) is 9.27. The lowest BCUT2D eigenvalue weighted by atomic mass is 10.1. The van der Waals surface area contributed by atoms with Crippen LogP contribution in [0, 0.1) is 5.92 Å². The fourth-order valence-electron chi connectivity index (χ4n) is 1.84. The van der Waals surface area contributed by atoms with Crippen LogP contribution in [0.3, 0.4) is 0 Å². The molecule has 4 nitrogen and oxygen atoms in total. The Morgan fingerprint density at radius 2 is 2.43 bits per heavy atom. The molecule has 0 spiro atoms. The number of rotatable bonds is 2. The van der Waals surface area contributed by atoms with Crippen LogP contribution < -0.4 is 16.6 Å². The molecule has 1 atom stereocenters. The second-order valence-corrected chi connectivity index (χ2v) is 3.81. The highest BCUT2D eigenvalue weighted by molar-refractivity contribution is 5.33. The van der Waals surface area contributed by atoms with Crippen LogP contribution in [-0.2, 0) is 6.54 Å². The fraction of sp³-hybridized carbons (Fsp3) is 0.500. The quantitative estimate of drug-likeness (QED) is 0.697. The van der Waals surface area contributed by atoms with Crippen molar-refractivity contribution in [3.05, 3.63) is 28.7 Å². The maximum atomic E-state index is 11.4. The van der Waals surface area contributed by atoms with Crippen LogP contribution in [0.4, 0.5) is 5.69 Å². The number of nitrogens with one attached hydrogen (secondary N) is 1. The van der Waals surface area contributed by atoms with Gasteiger partial charge in [0.25, 0.3) is 5.56 Å². The summed E-state index contributed by atoms with van der Waals surface area (Å²) >= 11 is 0. The molecule has 2 heterocycles. The SMILES string of the molecule is Nc1ccc(=O)n(CC2CCNC2)c1. The lowest BCUT2D eigenvalue weighted by Crippen LogP contribution is -2.24. The highest BCUT2D eigenvalue weighted by Crippen LogP contribution is 2.09. The van der Waals surface area contributed by atoms with Gasteiger partial charge in [0, 0.05) is 24.5 Å². The molecule has 2 rings (SSSR count). The van der Waals surface area contributed by atoms with Crippen LogP contribution in [-0.4, -0.2) is 17.7 Å². The van der Waals surface area contributed by atoms with Crippen molar-refractivity contribution in [1.82, 2.24) is 9.88 Å². The molecule has 0 aliphatic carbocycles. The maximum Gasteiger partial charge on any atom is 0.250 e. The number of pyridine rings is 1. The van der Waals surface area contributed by atoms with Crippen LogP contribution in [0.5, 0.6) is 0 Å². The van der Waals surface area contributed by atoms with Gasteiger partial charge in [0.05, 0.1) is 0 Å². The summed E-state index contributed by atoms with van der Waals surface area (Å²) in [5.74, 6) is 0.564. The lowest BCUT2D eigenvalue weighted by Gasteiger charge is -2.10. The normalized spacial score (nSPS) is 21.3. The number of hydrogen-bond donors (Lipinski definition) is 2. The zero-order chi connectivity index (χ0) is 9.97. The van der Waals surface area contributed by atoms with Crippen molar-refractivity contribution in [1.29, 1.82) is 0 Å². The van der Waals surface area contributed by atoms with Crippen LogP contribution >= 0.6 is 0 Å². The van der Waals surface area contributed by atoms with E-state index in [1.807, 2.05) is 0 Å². The minimum absolute atomic E-state index is 0.0334. The Morgan fingerprint density at radius 1 is 1.57 bits per heavy atom. The minimum atomic E-state index is 0.0334. The predicted octanol–water partition coefficient (Wildman–Crippen LogP) is 0.0400. The largest absolute Gasteiger partial charge is 0.398 e. The molecule has 1 unspecified atom stereocenters. The number of nitrogens with zero attached hydrogens (tertiary/aromatic N) is 1. The van der Waals surface area contributed by atoms with Crippen molar-refractivity contribution < 1.29 is 0 Å². The third kappa shape index (κ3) is 1.96. The second-order valence-electron chi connectivity index (χ2n) is 3.81. The molecule has 14 heavy (non-hydrogen) atoms. The van der Waals surface area contributed by atoms with Gasteiger partial charge in [0.15, 0.2) is 0 Å². The first-order valence-corrected chi connectivity index (χ1v) is 4.92. The van der Waals surface area contributed by atoms with Crippen LogP contribution in [0.15, 0.2) is 23.1 Å². The van der Waals surface area contributed by atoms with E-state index in [1.165, 1.54) is 6.07 Å². The van der Waals surface area contributed by atoms with E-state index >= 15 is 0 Å². The van der Waals surface area contributed by atoms with Crippen LogP contribution in [0.2, 0.25) is 0 Å². The number of hydrogen-bond acceptors (Lipinski definition) is 3. The molecule has 0 amide bonds. The molecular formula is C10H15N3O. The Hall–Kier alpha value is -1.29. The average molecular weight is 193 g/mol. The van der Waals surface area contributed by atoms with E-state index in [0.717, 1.165) is 26.1 Å². The van der Waals surface area contributed by atoms with E-state index in [2.05, 4.69) is 5.32 Å². The minimum Gasteiger partial charge on any atom is -0.398 e. The number of nitrogen functional groups attached to an aromatic ring is 1. The van der Waals surface area contributed by atoms with Crippen LogP contribution in [0.1, 0.15) is 6.42 Å². The summed E-state index contributed by atoms with van der Waals surface area (Å²) in [6.45, 7) is 2.83. The second kappa shape index (κ2) is 3.84. The molecule has 1 aliphatic heterocycles. The summed E-state index contributed by atoms with van der Waals surface area (Å²) in [5.41, 5.74) is 6.31. The van der Waals surface area contributed by atoms with Crippen molar-refractivity contribution in [3.8, 4) is 0 Å². The van der Waals surface area contributed by atoms with Gasteiger partial charge in [-0.2, -0.15) is 0 Å². The standard InChI is InChI=1S/C10H15N3O/c11-9-1-2-10(14)13(7-9)6-8-3-4-12-5-8/h1-2,7-8,12H,3-6,11H2. The molecule has 76 valence electrons. The van der Waals surface area contributed by atoms with E-state index in [9.17, 15) is 4.79 Å². The molecule has 0 bridgehead atoms. The Kier molecular flexibility index (Phi) is 2.54. The predicted molar refractivity (Wildman–Crippen MR) is 56.1 cm³/mol. The third-order valence-corrected chi connectivity index (χ3v) is 2.62. The summed E-state index contributed by atoms with van der Waals surface area (Å²) < 4.78 is 1.70. The van der Waals surface area contributed by atoms with Gasteiger partial charge in [-0.1, -0.05) is 0 Å². The molecule has 0 radical (unpaired) electrons. The maximum absolute atomic E-state index is 11.4. The van der Waals surface area contributed by atoms with E-state index in [-0.39, 0.29) is 5.56 Å². The summed E-state index contributed by atoms with van der Waals surface area (Å²) in [5, 5.41) is 3.28. The van der Waals surface area contributed by atoms with Crippen molar-refractivity contribution >= 4 is 5.69 Å². The van der Waals surface area contributed by atoms with Crippen molar-refractivity contribution in [2.24, 2.45) is 5.92 Å². The number of anilines is 1. The molecule has 3 N–H and O–H groups in total.